The molecular weight excluding hydrogens is 380 g/mol. The number of carbonyl (C=O) groups excluding carboxylic acids is 1. The number of benzene rings is 2. The molecule has 1 fully saturated rings. The molecule has 1 atom stereocenters. The molecule has 6 nitrogen and oxygen atoms in total. The zero-order chi connectivity index (χ0) is 21.1. The minimum atomic E-state index is -1.02. The maximum Gasteiger partial charge on any atom is 0.410 e. The Morgan fingerprint density at radius 1 is 1.07 bits per heavy atom. The van der Waals surface area contributed by atoms with Crippen molar-refractivity contribution in [2.75, 3.05) is 32.8 Å². The van der Waals surface area contributed by atoms with Gasteiger partial charge in [0.05, 0.1) is 0 Å². The summed E-state index contributed by atoms with van der Waals surface area (Å²) in [5, 5.41) is 9.47. The molecule has 1 unspecified atom stereocenters. The number of hydrogen-bond acceptors (Lipinski definition) is 4. The lowest BCUT2D eigenvalue weighted by Crippen LogP contribution is -2.47. The first kappa shape index (κ1) is 20.4. The molecule has 6 heteroatoms. The third kappa shape index (κ3) is 4.05. The standard InChI is InChI=1S/C24H28N2O4/c1-17(23(27)28)26(15-14-25-12-6-7-13-25)24(29)30-16-22-20-10-4-2-8-18(20)19-9-3-5-11-21(19)22/h2-5,8-11,17,22H,6-7,12-16H2,1H3,(H,27,28). The zero-order valence-corrected chi connectivity index (χ0v) is 17.3. The van der Waals surface area contributed by atoms with Crippen molar-refractivity contribution in [1.82, 2.24) is 9.80 Å². The van der Waals surface area contributed by atoms with E-state index in [-0.39, 0.29) is 12.5 Å². The van der Waals surface area contributed by atoms with Crippen LogP contribution in [0.3, 0.4) is 0 Å². The molecule has 1 aliphatic carbocycles. The van der Waals surface area contributed by atoms with E-state index in [1.54, 1.807) is 0 Å². The maximum atomic E-state index is 12.9. The van der Waals surface area contributed by atoms with E-state index in [0.717, 1.165) is 37.1 Å². The summed E-state index contributed by atoms with van der Waals surface area (Å²) in [5.74, 6) is -1.06. The van der Waals surface area contributed by atoms with Crippen LogP contribution in [-0.2, 0) is 9.53 Å². The second kappa shape index (κ2) is 8.88. The van der Waals surface area contributed by atoms with Gasteiger partial charge in [-0.15, -0.1) is 0 Å². The molecule has 1 heterocycles. The molecule has 1 saturated heterocycles. The maximum absolute atomic E-state index is 12.9. The Morgan fingerprint density at radius 2 is 1.63 bits per heavy atom. The van der Waals surface area contributed by atoms with Crippen LogP contribution in [0.5, 0.6) is 0 Å². The molecule has 0 bridgehead atoms. The molecule has 2 aromatic carbocycles. The van der Waals surface area contributed by atoms with Crippen LogP contribution >= 0.6 is 0 Å². The normalized spacial score (nSPS) is 16.7. The minimum absolute atomic E-state index is 0.0399. The summed E-state index contributed by atoms with van der Waals surface area (Å²) in [6.45, 7) is 4.75. The predicted molar refractivity (Wildman–Crippen MR) is 115 cm³/mol. The molecule has 4 rings (SSSR count). The van der Waals surface area contributed by atoms with Crippen molar-refractivity contribution in [2.24, 2.45) is 0 Å². The fraction of sp³-hybridized carbons (Fsp3) is 0.417. The summed E-state index contributed by atoms with van der Waals surface area (Å²) >= 11 is 0. The van der Waals surface area contributed by atoms with Gasteiger partial charge in [0.25, 0.3) is 0 Å². The van der Waals surface area contributed by atoms with Crippen molar-refractivity contribution in [1.29, 1.82) is 0 Å². The van der Waals surface area contributed by atoms with Crippen LogP contribution in [0.25, 0.3) is 11.1 Å². The molecule has 0 radical (unpaired) electrons. The van der Waals surface area contributed by atoms with E-state index < -0.39 is 18.1 Å². The lowest BCUT2D eigenvalue weighted by atomic mass is 9.98. The van der Waals surface area contributed by atoms with Gasteiger partial charge >= 0.3 is 12.1 Å². The first-order valence-electron chi connectivity index (χ1n) is 10.6. The number of likely N-dealkylation sites (tertiary alicyclic amines) is 1. The van der Waals surface area contributed by atoms with Gasteiger partial charge < -0.3 is 14.7 Å². The van der Waals surface area contributed by atoms with Crippen LogP contribution < -0.4 is 0 Å². The van der Waals surface area contributed by atoms with E-state index >= 15 is 0 Å². The fourth-order valence-electron chi connectivity index (χ4n) is 4.51. The Balaban J connectivity index is 1.47. The fourth-order valence-corrected chi connectivity index (χ4v) is 4.51. The highest BCUT2D eigenvalue weighted by Gasteiger charge is 2.32. The van der Waals surface area contributed by atoms with Crippen molar-refractivity contribution >= 4 is 12.1 Å². The van der Waals surface area contributed by atoms with Gasteiger partial charge in [0, 0.05) is 19.0 Å². The molecule has 2 aromatic rings. The predicted octanol–water partition coefficient (Wildman–Crippen LogP) is 3.81. The highest BCUT2D eigenvalue weighted by atomic mass is 16.6. The van der Waals surface area contributed by atoms with Crippen LogP contribution in [0.15, 0.2) is 48.5 Å². The molecule has 30 heavy (non-hydrogen) atoms. The third-order valence-corrected chi connectivity index (χ3v) is 6.25. The van der Waals surface area contributed by atoms with Crippen LogP contribution in [0.2, 0.25) is 0 Å². The van der Waals surface area contributed by atoms with Gasteiger partial charge in [-0.05, 0) is 55.1 Å². The number of amides is 1. The second-order valence-corrected chi connectivity index (χ2v) is 8.06. The zero-order valence-electron chi connectivity index (χ0n) is 17.3. The number of hydrogen-bond donors (Lipinski definition) is 1. The topological polar surface area (TPSA) is 70.1 Å². The number of aliphatic carboxylic acids is 1. The number of fused-ring (bicyclic) bond motifs is 3. The summed E-state index contributed by atoms with van der Waals surface area (Å²) in [6.07, 6.45) is 1.74. The lowest BCUT2D eigenvalue weighted by molar-refractivity contribution is -0.142. The highest BCUT2D eigenvalue weighted by molar-refractivity contribution is 5.81. The van der Waals surface area contributed by atoms with E-state index in [1.165, 1.54) is 23.0 Å². The largest absolute Gasteiger partial charge is 0.480 e. The number of nitrogens with zero attached hydrogens (tertiary/aromatic N) is 2. The summed E-state index contributed by atoms with van der Waals surface area (Å²) < 4.78 is 5.69. The SMILES string of the molecule is CC(C(=O)O)N(CCN1CCCC1)C(=O)OCC1c2ccccc2-c2ccccc21. The van der Waals surface area contributed by atoms with Crippen molar-refractivity contribution < 1.29 is 19.4 Å². The van der Waals surface area contributed by atoms with Crippen molar-refractivity contribution in [2.45, 2.75) is 31.7 Å². The van der Waals surface area contributed by atoms with E-state index in [1.807, 2.05) is 24.3 Å². The van der Waals surface area contributed by atoms with Gasteiger partial charge in [-0.25, -0.2) is 9.59 Å². The average Bonchev–Trinajstić information content (AvgIpc) is 3.38. The third-order valence-electron chi connectivity index (χ3n) is 6.25. The highest BCUT2D eigenvalue weighted by Crippen LogP contribution is 2.44. The Labute approximate surface area is 177 Å². The second-order valence-electron chi connectivity index (χ2n) is 8.06. The Hall–Kier alpha value is -2.86. The summed E-state index contributed by atoms with van der Waals surface area (Å²) in [7, 11) is 0. The Kier molecular flexibility index (Phi) is 6.04. The Bertz CT molecular complexity index is 877. The van der Waals surface area contributed by atoms with E-state index in [4.69, 9.17) is 4.74 Å². The molecule has 1 N–H and O–H groups in total. The Morgan fingerprint density at radius 3 is 2.20 bits per heavy atom. The minimum Gasteiger partial charge on any atom is -0.480 e. The summed E-state index contributed by atoms with van der Waals surface area (Å²) in [5.41, 5.74) is 4.61. The quantitative estimate of drug-likeness (QED) is 0.755. The molecule has 0 aromatic heterocycles. The van der Waals surface area contributed by atoms with Crippen LogP contribution in [0.4, 0.5) is 4.79 Å². The van der Waals surface area contributed by atoms with Crippen LogP contribution in [0, 0.1) is 0 Å². The van der Waals surface area contributed by atoms with Crippen molar-refractivity contribution in [3.63, 3.8) is 0 Å². The van der Waals surface area contributed by atoms with Crippen molar-refractivity contribution in [3.05, 3.63) is 59.7 Å². The van der Waals surface area contributed by atoms with E-state index in [9.17, 15) is 14.7 Å². The van der Waals surface area contributed by atoms with E-state index in [2.05, 4.69) is 29.2 Å². The molecule has 0 saturated carbocycles. The van der Waals surface area contributed by atoms with Crippen molar-refractivity contribution in [3.8, 4) is 11.1 Å². The summed E-state index contributed by atoms with van der Waals surface area (Å²) in [4.78, 5) is 28.1. The summed E-state index contributed by atoms with van der Waals surface area (Å²) in [6, 6.07) is 15.4. The average molecular weight is 408 g/mol. The first-order valence-corrected chi connectivity index (χ1v) is 10.6. The molecule has 158 valence electrons. The van der Waals surface area contributed by atoms with Crippen LogP contribution in [0.1, 0.15) is 36.8 Å². The van der Waals surface area contributed by atoms with Gasteiger partial charge in [0.2, 0.25) is 0 Å². The molecule has 2 aliphatic rings. The number of carboxylic acid groups (broad SMARTS) is 1. The van der Waals surface area contributed by atoms with E-state index in [0.29, 0.717) is 13.1 Å². The number of carbonyl (C=O) groups is 2. The van der Waals surface area contributed by atoms with Gasteiger partial charge in [0.15, 0.2) is 0 Å². The molecular formula is C24H28N2O4. The number of carboxylic acids is 1. The number of rotatable bonds is 7. The smallest absolute Gasteiger partial charge is 0.410 e. The first-order chi connectivity index (χ1) is 14.6. The molecule has 0 spiro atoms. The van der Waals surface area contributed by atoms with Gasteiger partial charge in [0.1, 0.15) is 12.6 Å². The molecule has 1 amide bonds. The van der Waals surface area contributed by atoms with Crippen LogP contribution in [-0.4, -0.2) is 65.8 Å². The van der Waals surface area contributed by atoms with Gasteiger partial charge in [-0.3, -0.25) is 4.90 Å². The monoisotopic (exact) mass is 408 g/mol. The number of ether oxygens (including phenoxy) is 1. The lowest BCUT2D eigenvalue weighted by Gasteiger charge is -2.28. The van der Waals surface area contributed by atoms with Gasteiger partial charge in [-0.2, -0.15) is 0 Å². The van der Waals surface area contributed by atoms with Gasteiger partial charge in [-0.1, -0.05) is 48.5 Å². The molecule has 1 aliphatic heterocycles.